The monoisotopic (exact) mass is 330 g/mol. The van der Waals surface area contributed by atoms with Crippen LogP contribution in [0.5, 0.6) is 11.5 Å². The molecule has 1 aromatic carbocycles. The predicted octanol–water partition coefficient (Wildman–Crippen LogP) is 3.96. The fourth-order valence-corrected chi connectivity index (χ4v) is 5.65. The molecule has 0 spiro atoms. The maximum absolute atomic E-state index is 12.9. The molecule has 4 aliphatic carbocycles. The van der Waals surface area contributed by atoms with Crippen molar-refractivity contribution < 1.29 is 19.0 Å². The summed E-state index contributed by atoms with van der Waals surface area (Å²) in [6.45, 7) is 0.251. The number of hydrogen-bond acceptors (Lipinski definition) is 4. The van der Waals surface area contributed by atoms with E-state index in [1.54, 1.807) is 14.2 Å². The first-order valence-corrected chi connectivity index (χ1v) is 9.00. The van der Waals surface area contributed by atoms with Crippen LogP contribution in [0.25, 0.3) is 0 Å². The molecule has 4 nitrogen and oxygen atoms in total. The van der Waals surface area contributed by atoms with Crippen molar-refractivity contribution in [2.45, 2.75) is 45.1 Å². The number of carbonyl (C=O) groups excluding carboxylic acids is 1. The van der Waals surface area contributed by atoms with Crippen LogP contribution in [0.15, 0.2) is 18.2 Å². The Labute approximate surface area is 143 Å². The number of benzene rings is 1. The van der Waals surface area contributed by atoms with Gasteiger partial charge >= 0.3 is 5.97 Å². The first kappa shape index (κ1) is 15.8. The highest BCUT2D eigenvalue weighted by Crippen LogP contribution is 2.60. The van der Waals surface area contributed by atoms with Gasteiger partial charge in [0.1, 0.15) is 18.1 Å². The average Bonchev–Trinajstić information content (AvgIpc) is 2.58. The van der Waals surface area contributed by atoms with E-state index in [1.807, 2.05) is 18.2 Å². The van der Waals surface area contributed by atoms with Gasteiger partial charge in [-0.2, -0.15) is 0 Å². The summed E-state index contributed by atoms with van der Waals surface area (Å²) in [5, 5.41) is 0. The summed E-state index contributed by atoms with van der Waals surface area (Å²) in [6.07, 6.45) is 7.09. The molecular weight excluding hydrogens is 304 g/mol. The van der Waals surface area contributed by atoms with Crippen LogP contribution in [0.4, 0.5) is 0 Å². The predicted molar refractivity (Wildman–Crippen MR) is 89.9 cm³/mol. The van der Waals surface area contributed by atoms with E-state index in [9.17, 15) is 4.79 Å². The van der Waals surface area contributed by atoms with Crippen molar-refractivity contribution in [3.63, 3.8) is 0 Å². The third-order valence-electron chi connectivity index (χ3n) is 6.32. The van der Waals surface area contributed by atoms with Crippen molar-refractivity contribution in [1.29, 1.82) is 0 Å². The lowest BCUT2D eigenvalue weighted by molar-refractivity contribution is -0.173. The second-order valence-electron chi connectivity index (χ2n) is 7.95. The highest BCUT2D eigenvalue weighted by Gasteiger charge is 2.55. The van der Waals surface area contributed by atoms with E-state index in [2.05, 4.69) is 0 Å². The van der Waals surface area contributed by atoms with Crippen molar-refractivity contribution in [3.05, 3.63) is 23.8 Å². The molecule has 0 atom stereocenters. The molecule has 0 saturated heterocycles. The van der Waals surface area contributed by atoms with Crippen molar-refractivity contribution in [2.75, 3.05) is 14.2 Å². The standard InChI is InChI=1S/C20H26O4/c1-22-17-3-4-18(23-2)16(8-17)12-24-19(21)20-9-13-5-14(10-20)7-15(6-13)11-20/h3-4,8,13-15H,5-7,9-12H2,1-2H3. The molecule has 0 radical (unpaired) electrons. The van der Waals surface area contributed by atoms with Crippen LogP contribution >= 0.6 is 0 Å². The Bertz CT molecular complexity index is 601. The minimum absolute atomic E-state index is 0.00599. The van der Waals surface area contributed by atoms with Crippen molar-refractivity contribution in [3.8, 4) is 11.5 Å². The van der Waals surface area contributed by atoms with E-state index >= 15 is 0 Å². The van der Waals surface area contributed by atoms with E-state index < -0.39 is 0 Å². The van der Waals surface area contributed by atoms with Crippen LogP contribution in [-0.4, -0.2) is 20.2 Å². The van der Waals surface area contributed by atoms with Crippen LogP contribution < -0.4 is 9.47 Å². The molecular formula is C20H26O4. The van der Waals surface area contributed by atoms with Gasteiger partial charge in [0.2, 0.25) is 0 Å². The van der Waals surface area contributed by atoms with Gasteiger partial charge in [-0.05, 0) is 74.5 Å². The zero-order valence-electron chi connectivity index (χ0n) is 14.5. The molecule has 4 bridgehead atoms. The van der Waals surface area contributed by atoms with Crippen molar-refractivity contribution in [1.82, 2.24) is 0 Å². The second kappa shape index (κ2) is 5.98. The number of carbonyl (C=O) groups is 1. The molecule has 4 aliphatic rings. The Hall–Kier alpha value is -1.71. The quantitative estimate of drug-likeness (QED) is 0.767. The van der Waals surface area contributed by atoms with Gasteiger partial charge in [-0.25, -0.2) is 0 Å². The number of ether oxygens (including phenoxy) is 3. The van der Waals surface area contributed by atoms with Crippen molar-refractivity contribution >= 4 is 5.97 Å². The normalized spacial score (nSPS) is 33.3. The molecule has 130 valence electrons. The maximum atomic E-state index is 12.9. The van der Waals surface area contributed by atoms with Crippen LogP contribution in [0.1, 0.15) is 44.1 Å². The van der Waals surface area contributed by atoms with E-state index in [1.165, 1.54) is 19.3 Å². The number of methoxy groups -OCH3 is 2. The number of esters is 1. The Morgan fingerprint density at radius 1 is 1.04 bits per heavy atom. The van der Waals surface area contributed by atoms with Gasteiger partial charge in [0, 0.05) is 5.56 Å². The van der Waals surface area contributed by atoms with Crippen molar-refractivity contribution in [2.24, 2.45) is 23.2 Å². The first-order valence-electron chi connectivity index (χ1n) is 9.00. The highest BCUT2D eigenvalue weighted by atomic mass is 16.5. The van der Waals surface area contributed by atoms with E-state index in [0.29, 0.717) is 0 Å². The summed E-state index contributed by atoms with van der Waals surface area (Å²) in [5.41, 5.74) is 0.649. The fraction of sp³-hybridized carbons (Fsp3) is 0.650. The van der Waals surface area contributed by atoms with E-state index in [4.69, 9.17) is 14.2 Å². The van der Waals surface area contributed by atoms with Gasteiger partial charge in [-0.3, -0.25) is 4.79 Å². The lowest BCUT2D eigenvalue weighted by Gasteiger charge is -2.55. The van der Waals surface area contributed by atoms with Crippen LogP contribution in [-0.2, 0) is 16.1 Å². The minimum atomic E-state index is -0.207. The molecule has 4 heteroatoms. The van der Waals surface area contributed by atoms with Gasteiger partial charge in [-0.15, -0.1) is 0 Å². The second-order valence-corrected chi connectivity index (χ2v) is 7.95. The summed E-state index contributed by atoms with van der Waals surface area (Å²) in [5.74, 6) is 3.72. The zero-order chi connectivity index (χ0) is 16.7. The molecule has 5 rings (SSSR count). The molecule has 0 N–H and O–H groups in total. The van der Waals surface area contributed by atoms with Crippen LogP contribution in [0, 0.1) is 23.2 Å². The molecule has 24 heavy (non-hydrogen) atoms. The van der Waals surface area contributed by atoms with Gasteiger partial charge in [0.05, 0.1) is 19.6 Å². The molecule has 4 saturated carbocycles. The Morgan fingerprint density at radius 3 is 2.21 bits per heavy atom. The van der Waals surface area contributed by atoms with Gasteiger partial charge in [0.15, 0.2) is 0 Å². The Balaban J connectivity index is 1.47. The lowest BCUT2D eigenvalue weighted by Crippen LogP contribution is -2.50. The molecule has 1 aromatic rings. The average molecular weight is 330 g/mol. The third kappa shape index (κ3) is 2.66. The van der Waals surface area contributed by atoms with Crippen LogP contribution in [0.2, 0.25) is 0 Å². The molecule has 0 aliphatic heterocycles. The third-order valence-corrected chi connectivity index (χ3v) is 6.32. The van der Waals surface area contributed by atoms with Gasteiger partial charge in [0.25, 0.3) is 0 Å². The smallest absolute Gasteiger partial charge is 0.312 e. The van der Waals surface area contributed by atoms with E-state index in [0.717, 1.165) is 54.1 Å². The zero-order valence-corrected chi connectivity index (χ0v) is 14.5. The Kier molecular flexibility index (Phi) is 3.93. The van der Waals surface area contributed by atoms with Gasteiger partial charge < -0.3 is 14.2 Å². The topological polar surface area (TPSA) is 44.8 Å². The molecule has 0 amide bonds. The highest BCUT2D eigenvalue weighted by molar-refractivity contribution is 5.77. The van der Waals surface area contributed by atoms with Crippen LogP contribution in [0.3, 0.4) is 0 Å². The fourth-order valence-electron chi connectivity index (χ4n) is 5.65. The Morgan fingerprint density at radius 2 is 1.67 bits per heavy atom. The summed E-state index contributed by atoms with van der Waals surface area (Å²) in [7, 11) is 3.26. The summed E-state index contributed by atoms with van der Waals surface area (Å²) in [6, 6.07) is 5.59. The largest absolute Gasteiger partial charge is 0.497 e. The van der Waals surface area contributed by atoms with E-state index in [-0.39, 0.29) is 18.0 Å². The SMILES string of the molecule is COc1ccc(OC)c(COC(=O)C23CC4CC(CC(C4)C2)C3)c1. The van der Waals surface area contributed by atoms with Gasteiger partial charge in [-0.1, -0.05) is 0 Å². The molecule has 0 unspecified atom stereocenters. The summed E-state index contributed by atoms with van der Waals surface area (Å²) >= 11 is 0. The summed E-state index contributed by atoms with van der Waals surface area (Å²) < 4.78 is 16.4. The molecule has 4 fully saturated rings. The maximum Gasteiger partial charge on any atom is 0.312 e. The number of rotatable bonds is 5. The number of hydrogen-bond donors (Lipinski definition) is 0. The minimum Gasteiger partial charge on any atom is -0.497 e. The molecule has 0 heterocycles. The lowest BCUT2D eigenvalue weighted by atomic mass is 9.49. The molecule has 0 aromatic heterocycles. The first-order chi connectivity index (χ1) is 11.6. The summed E-state index contributed by atoms with van der Waals surface area (Å²) in [4.78, 5) is 12.9.